The minimum atomic E-state index is -0.110. The lowest BCUT2D eigenvalue weighted by Crippen LogP contribution is -2.26. The molecule has 0 bridgehead atoms. The molecule has 114 valence electrons. The maximum absolute atomic E-state index is 12.3. The maximum atomic E-state index is 12.3. The lowest BCUT2D eigenvalue weighted by molar-refractivity contribution is 0.0939. The van der Waals surface area contributed by atoms with Crippen LogP contribution in [0.2, 0.25) is 0 Å². The molecule has 22 heavy (non-hydrogen) atoms. The van der Waals surface area contributed by atoms with Gasteiger partial charge in [-0.25, -0.2) is 0 Å². The summed E-state index contributed by atoms with van der Waals surface area (Å²) in [6, 6.07) is 13.2. The summed E-state index contributed by atoms with van der Waals surface area (Å²) in [5.41, 5.74) is 1.65. The third-order valence-electron chi connectivity index (χ3n) is 3.50. The van der Waals surface area contributed by atoms with E-state index in [0.29, 0.717) is 18.8 Å². The Kier molecular flexibility index (Phi) is 4.52. The van der Waals surface area contributed by atoms with Crippen LogP contribution in [0.1, 0.15) is 28.9 Å². The van der Waals surface area contributed by atoms with Crippen molar-refractivity contribution in [3.05, 3.63) is 57.2 Å². The molecule has 1 aliphatic heterocycles. The highest BCUT2D eigenvalue weighted by Gasteiger charge is 2.16. The Morgan fingerprint density at radius 2 is 1.91 bits per heavy atom. The van der Waals surface area contributed by atoms with Gasteiger partial charge >= 0.3 is 0 Å². The first kappa shape index (κ1) is 15.1. The third kappa shape index (κ3) is 3.35. The third-order valence-corrected chi connectivity index (χ3v) is 4.17. The summed E-state index contributed by atoms with van der Waals surface area (Å²) in [6.45, 7) is 3.09. The lowest BCUT2D eigenvalue weighted by Gasteiger charge is -2.21. The number of carbonyl (C=O) groups is 1. The van der Waals surface area contributed by atoms with E-state index in [-0.39, 0.29) is 11.9 Å². The number of benzene rings is 2. The molecule has 1 atom stereocenters. The molecule has 3 rings (SSSR count). The fraction of sp³-hybridized carbons (Fsp3) is 0.235. The summed E-state index contributed by atoms with van der Waals surface area (Å²) in [5, 5.41) is 3.01. The van der Waals surface area contributed by atoms with E-state index in [4.69, 9.17) is 9.47 Å². The van der Waals surface area contributed by atoms with Crippen molar-refractivity contribution in [1.29, 1.82) is 0 Å². The SMILES string of the molecule is C[C@@H](NC(=O)c1cccc(I)c1)c1ccc2c(c1)OCCO2. The van der Waals surface area contributed by atoms with Crippen LogP contribution in [0.25, 0.3) is 0 Å². The highest BCUT2D eigenvalue weighted by molar-refractivity contribution is 14.1. The Balaban J connectivity index is 1.74. The molecule has 2 aromatic rings. The van der Waals surface area contributed by atoms with Gasteiger partial charge in [0.25, 0.3) is 5.91 Å². The van der Waals surface area contributed by atoms with E-state index in [2.05, 4.69) is 27.9 Å². The van der Waals surface area contributed by atoms with E-state index in [1.54, 1.807) is 0 Å². The van der Waals surface area contributed by atoms with Crippen molar-refractivity contribution >= 4 is 28.5 Å². The summed E-state index contributed by atoms with van der Waals surface area (Å²) >= 11 is 2.20. The summed E-state index contributed by atoms with van der Waals surface area (Å²) in [4.78, 5) is 12.3. The molecule has 0 aromatic heterocycles. The van der Waals surface area contributed by atoms with Crippen LogP contribution in [-0.2, 0) is 0 Å². The van der Waals surface area contributed by atoms with Crippen LogP contribution in [-0.4, -0.2) is 19.1 Å². The summed E-state index contributed by atoms with van der Waals surface area (Å²) in [6.07, 6.45) is 0. The van der Waals surface area contributed by atoms with Crippen molar-refractivity contribution in [3.8, 4) is 11.5 Å². The number of ether oxygens (including phenoxy) is 2. The van der Waals surface area contributed by atoms with Gasteiger partial charge in [0.15, 0.2) is 11.5 Å². The summed E-state index contributed by atoms with van der Waals surface area (Å²) < 4.78 is 12.1. The zero-order valence-corrected chi connectivity index (χ0v) is 14.3. The molecule has 0 radical (unpaired) electrons. The lowest BCUT2D eigenvalue weighted by atomic mass is 10.1. The van der Waals surface area contributed by atoms with E-state index in [9.17, 15) is 4.79 Å². The van der Waals surface area contributed by atoms with Crippen LogP contribution in [0.5, 0.6) is 11.5 Å². The zero-order valence-electron chi connectivity index (χ0n) is 12.1. The number of rotatable bonds is 3. The van der Waals surface area contributed by atoms with Crippen LogP contribution >= 0.6 is 22.6 Å². The zero-order chi connectivity index (χ0) is 15.5. The van der Waals surface area contributed by atoms with Gasteiger partial charge in [-0.15, -0.1) is 0 Å². The molecule has 0 fully saturated rings. The number of hydrogen-bond donors (Lipinski definition) is 1. The Hall–Kier alpha value is -1.76. The van der Waals surface area contributed by atoms with E-state index in [0.717, 1.165) is 20.6 Å². The highest BCUT2D eigenvalue weighted by atomic mass is 127. The molecule has 0 saturated carbocycles. The van der Waals surface area contributed by atoms with Gasteiger partial charge in [0.1, 0.15) is 13.2 Å². The highest BCUT2D eigenvalue weighted by Crippen LogP contribution is 2.32. The molecule has 4 nitrogen and oxygen atoms in total. The average Bonchev–Trinajstić information content (AvgIpc) is 2.54. The molecule has 1 N–H and O–H groups in total. The Labute approximate surface area is 143 Å². The molecule has 1 aliphatic rings. The average molecular weight is 409 g/mol. The van der Waals surface area contributed by atoms with Gasteiger partial charge in [0.05, 0.1) is 6.04 Å². The minimum absolute atomic E-state index is 0.0825. The van der Waals surface area contributed by atoms with Crippen molar-refractivity contribution < 1.29 is 14.3 Å². The first-order chi connectivity index (χ1) is 10.6. The van der Waals surface area contributed by atoms with Crippen molar-refractivity contribution in [2.24, 2.45) is 0 Å². The minimum Gasteiger partial charge on any atom is -0.486 e. The molecule has 1 amide bonds. The summed E-state index contributed by atoms with van der Waals surface area (Å²) in [5.74, 6) is 1.41. The molecule has 0 aliphatic carbocycles. The van der Waals surface area contributed by atoms with Gasteiger partial charge in [-0.3, -0.25) is 4.79 Å². The van der Waals surface area contributed by atoms with Crippen LogP contribution < -0.4 is 14.8 Å². The Morgan fingerprint density at radius 3 is 2.68 bits per heavy atom. The Morgan fingerprint density at radius 1 is 1.14 bits per heavy atom. The number of carbonyl (C=O) groups excluding carboxylic acids is 1. The van der Waals surface area contributed by atoms with Crippen LogP contribution in [0.4, 0.5) is 0 Å². The molecule has 0 spiro atoms. The molecule has 5 heteroatoms. The van der Waals surface area contributed by atoms with Crippen molar-refractivity contribution in [2.75, 3.05) is 13.2 Å². The van der Waals surface area contributed by atoms with Crippen molar-refractivity contribution in [2.45, 2.75) is 13.0 Å². The molecule has 0 unspecified atom stereocenters. The smallest absolute Gasteiger partial charge is 0.251 e. The van der Waals surface area contributed by atoms with Gasteiger partial charge in [0.2, 0.25) is 0 Å². The first-order valence-corrected chi connectivity index (χ1v) is 8.17. The number of nitrogens with one attached hydrogen (secondary N) is 1. The van der Waals surface area contributed by atoms with Gasteiger partial charge in [-0.05, 0) is 65.4 Å². The molecular formula is C17H16INO3. The van der Waals surface area contributed by atoms with E-state index >= 15 is 0 Å². The molecule has 0 saturated heterocycles. The second-order valence-electron chi connectivity index (χ2n) is 5.11. The number of fused-ring (bicyclic) bond motifs is 1. The van der Waals surface area contributed by atoms with Crippen molar-refractivity contribution in [1.82, 2.24) is 5.32 Å². The van der Waals surface area contributed by atoms with E-state index in [1.165, 1.54) is 0 Å². The molecule has 1 heterocycles. The Bertz CT molecular complexity index is 702. The quantitative estimate of drug-likeness (QED) is 0.789. The predicted octanol–water partition coefficient (Wildman–Crippen LogP) is 3.55. The van der Waals surface area contributed by atoms with Crippen LogP contribution in [0.15, 0.2) is 42.5 Å². The standard InChI is InChI=1S/C17H16INO3/c1-11(19-17(20)13-3-2-4-14(18)9-13)12-5-6-15-16(10-12)22-8-7-21-15/h2-6,9-11H,7-8H2,1H3,(H,19,20)/t11-/m1/s1. The molecule has 2 aromatic carbocycles. The van der Waals surface area contributed by atoms with Crippen LogP contribution in [0.3, 0.4) is 0 Å². The van der Waals surface area contributed by atoms with Gasteiger partial charge in [0, 0.05) is 9.13 Å². The van der Waals surface area contributed by atoms with E-state index < -0.39 is 0 Å². The summed E-state index contributed by atoms with van der Waals surface area (Å²) in [7, 11) is 0. The van der Waals surface area contributed by atoms with Crippen molar-refractivity contribution in [3.63, 3.8) is 0 Å². The van der Waals surface area contributed by atoms with Gasteiger partial charge in [-0.1, -0.05) is 12.1 Å². The van der Waals surface area contributed by atoms with Crippen LogP contribution in [0, 0.1) is 3.57 Å². The monoisotopic (exact) mass is 409 g/mol. The van der Waals surface area contributed by atoms with Gasteiger partial charge in [-0.2, -0.15) is 0 Å². The maximum Gasteiger partial charge on any atom is 0.251 e. The topological polar surface area (TPSA) is 47.6 Å². The first-order valence-electron chi connectivity index (χ1n) is 7.09. The van der Waals surface area contributed by atoms with Gasteiger partial charge < -0.3 is 14.8 Å². The second kappa shape index (κ2) is 6.56. The number of hydrogen-bond acceptors (Lipinski definition) is 3. The largest absolute Gasteiger partial charge is 0.486 e. The normalized spacial score (nSPS) is 14.3. The molecular weight excluding hydrogens is 393 g/mol. The number of amides is 1. The number of halogens is 1. The second-order valence-corrected chi connectivity index (χ2v) is 6.35. The van der Waals surface area contributed by atoms with E-state index in [1.807, 2.05) is 49.4 Å². The fourth-order valence-electron chi connectivity index (χ4n) is 2.32. The fourth-order valence-corrected chi connectivity index (χ4v) is 2.87. The predicted molar refractivity (Wildman–Crippen MR) is 92.5 cm³/mol.